The molecule has 4 unspecified atom stereocenters. The van der Waals surface area contributed by atoms with Gasteiger partial charge in [0.2, 0.25) is 10.0 Å². The van der Waals surface area contributed by atoms with E-state index in [0.717, 1.165) is 4.31 Å². The number of nitrogens with zero attached hydrogens (tertiary/aromatic N) is 2. The van der Waals surface area contributed by atoms with Crippen LogP contribution in [0.5, 0.6) is 11.5 Å². The lowest BCUT2D eigenvalue weighted by molar-refractivity contribution is -0.166. The van der Waals surface area contributed by atoms with E-state index in [2.05, 4.69) is 0 Å². The quantitative estimate of drug-likeness (QED) is 0.575. The molecule has 0 bridgehead atoms. The molecule has 3 aliphatic heterocycles. The maximum absolute atomic E-state index is 13.3. The van der Waals surface area contributed by atoms with Crippen molar-refractivity contribution < 1.29 is 37.0 Å². The van der Waals surface area contributed by atoms with Gasteiger partial charge < -0.3 is 23.8 Å². The molecule has 11 heteroatoms. The van der Waals surface area contributed by atoms with E-state index in [9.17, 15) is 18.0 Å². The number of carbonyl (C=O) groups excluding carboxylic acids is 2. The first-order chi connectivity index (χ1) is 15.7. The predicted molar refractivity (Wildman–Crippen MR) is 116 cm³/mol. The van der Waals surface area contributed by atoms with Crippen molar-refractivity contribution in [2.24, 2.45) is 0 Å². The van der Waals surface area contributed by atoms with E-state index in [0.29, 0.717) is 50.6 Å². The van der Waals surface area contributed by atoms with Gasteiger partial charge in [-0.05, 0) is 45.7 Å². The standard InChI is InChI=1S/C22H30N2O8S/c1-14-12-23(13-15(2)31-14)21(25)16(3)32-22(26)18-5-4-8-24(18)33(27,28)17-6-7-19-20(11-17)30-10-9-29-19/h6-7,11,14-16,18H,4-5,8-10,12-13H2,1-3H3. The van der Waals surface area contributed by atoms with E-state index in [1.807, 2.05) is 13.8 Å². The van der Waals surface area contributed by atoms with Crippen LogP contribution < -0.4 is 9.47 Å². The number of rotatable bonds is 5. The van der Waals surface area contributed by atoms with Crippen LogP contribution in [0.25, 0.3) is 0 Å². The highest BCUT2D eigenvalue weighted by atomic mass is 32.2. The zero-order valence-corrected chi connectivity index (χ0v) is 19.9. The maximum atomic E-state index is 13.3. The molecule has 3 heterocycles. The molecule has 2 saturated heterocycles. The lowest BCUT2D eigenvalue weighted by Gasteiger charge is -2.36. The summed E-state index contributed by atoms with van der Waals surface area (Å²) in [6.45, 7) is 7.03. The van der Waals surface area contributed by atoms with Gasteiger partial charge in [0.15, 0.2) is 17.6 Å². The summed E-state index contributed by atoms with van der Waals surface area (Å²) < 4.78 is 49.8. The smallest absolute Gasteiger partial charge is 0.325 e. The topological polar surface area (TPSA) is 112 Å². The number of hydrogen-bond acceptors (Lipinski definition) is 8. The van der Waals surface area contributed by atoms with Gasteiger partial charge in [-0.3, -0.25) is 9.59 Å². The van der Waals surface area contributed by atoms with Gasteiger partial charge in [0.1, 0.15) is 19.3 Å². The van der Waals surface area contributed by atoms with E-state index < -0.39 is 28.1 Å². The summed E-state index contributed by atoms with van der Waals surface area (Å²) in [6.07, 6.45) is -0.391. The van der Waals surface area contributed by atoms with Gasteiger partial charge >= 0.3 is 5.97 Å². The Labute approximate surface area is 193 Å². The molecule has 1 aromatic rings. The molecule has 0 aliphatic carbocycles. The Morgan fingerprint density at radius 2 is 1.76 bits per heavy atom. The van der Waals surface area contributed by atoms with Gasteiger partial charge in [0, 0.05) is 25.7 Å². The van der Waals surface area contributed by atoms with E-state index in [1.54, 1.807) is 11.0 Å². The zero-order chi connectivity index (χ0) is 23.8. The van der Waals surface area contributed by atoms with Crippen molar-refractivity contribution in [3.05, 3.63) is 18.2 Å². The fraction of sp³-hybridized carbons (Fsp3) is 0.636. The molecule has 182 valence electrons. The van der Waals surface area contributed by atoms with Crippen molar-refractivity contribution in [1.29, 1.82) is 0 Å². The molecule has 0 radical (unpaired) electrons. The molecule has 4 atom stereocenters. The molecule has 10 nitrogen and oxygen atoms in total. The van der Waals surface area contributed by atoms with Crippen LogP contribution in [-0.4, -0.2) is 86.7 Å². The highest BCUT2D eigenvalue weighted by Gasteiger charge is 2.42. The van der Waals surface area contributed by atoms with Crippen LogP contribution in [0.1, 0.15) is 33.6 Å². The monoisotopic (exact) mass is 482 g/mol. The minimum atomic E-state index is -3.97. The summed E-state index contributed by atoms with van der Waals surface area (Å²) in [7, 11) is -3.97. The van der Waals surface area contributed by atoms with Gasteiger partial charge in [0.25, 0.3) is 5.91 Å². The Hall–Kier alpha value is -2.37. The predicted octanol–water partition coefficient (Wildman–Crippen LogP) is 1.18. The Morgan fingerprint density at radius 1 is 1.09 bits per heavy atom. The van der Waals surface area contributed by atoms with Gasteiger partial charge in [-0.2, -0.15) is 4.31 Å². The first-order valence-electron chi connectivity index (χ1n) is 11.2. The Bertz CT molecular complexity index is 1000. The molecule has 0 aromatic heterocycles. The summed E-state index contributed by atoms with van der Waals surface area (Å²) >= 11 is 0. The largest absolute Gasteiger partial charge is 0.486 e. The molecule has 0 saturated carbocycles. The average Bonchev–Trinajstić information content (AvgIpc) is 3.28. The third-order valence-corrected chi connectivity index (χ3v) is 7.87. The number of amides is 1. The van der Waals surface area contributed by atoms with E-state index in [-0.39, 0.29) is 29.6 Å². The number of sulfonamides is 1. The second-order valence-electron chi connectivity index (χ2n) is 8.66. The summed E-state index contributed by atoms with van der Waals surface area (Å²) in [4.78, 5) is 27.4. The lowest BCUT2D eigenvalue weighted by Crippen LogP contribution is -2.52. The number of fused-ring (bicyclic) bond motifs is 1. The maximum Gasteiger partial charge on any atom is 0.325 e. The second kappa shape index (κ2) is 9.47. The number of benzene rings is 1. The van der Waals surface area contributed by atoms with Crippen molar-refractivity contribution in [2.45, 2.75) is 62.9 Å². The van der Waals surface area contributed by atoms with Crippen LogP contribution >= 0.6 is 0 Å². The molecular weight excluding hydrogens is 452 g/mol. The van der Waals surface area contributed by atoms with E-state index in [4.69, 9.17) is 18.9 Å². The molecule has 0 spiro atoms. The van der Waals surface area contributed by atoms with Crippen molar-refractivity contribution in [2.75, 3.05) is 32.8 Å². The molecule has 33 heavy (non-hydrogen) atoms. The summed E-state index contributed by atoms with van der Waals surface area (Å²) in [6, 6.07) is 3.42. The molecule has 2 fully saturated rings. The van der Waals surface area contributed by atoms with Crippen LogP contribution in [0.3, 0.4) is 0 Å². The van der Waals surface area contributed by atoms with Crippen molar-refractivity contribution in [3.63, 3.8) is 0 Å². The summed E-state index contributed by atoms with van der Waals surface area (Å²) in [5.74, 6) is -0.195. The summed E-state index contributed by atoms with van der Waals surface area (Å²) in [5.41, 5.74) is 0. The van der Waals surface area contributed by atoms with Gasteiger partial charge in [-0.15, -0.1) is 0 Å². The number of esters is 1. The third-order valence-electron chi connectivity index (χ3n) is 5.97. The second-order valence-corrected chi connectivity index (χ2v) is 10.5. The minimum Gasteiger partial charge on any atom is -0.486 e. The molecular formula is C22H30N2O8S. The number of hydrogen-bond donors (Lipinski definition) is 0. The fourth-order valence-corrected chi connectivity index (χ4v) is 6.16. The summed E-state index contributed by atoms with van der Waals surface area (Å²) in [5, 5.41) is 0. The first-order valence-corrected chi connectivity index (χ1v) is 12.7. The minimum absolute atomic E-state index is 0.0202. The van der Waals surface area contributed by atoms with Gasteiger partial charge in [0.05, 0.1) is 17.1 Å². The number of ether oxygens (including phenoxy) is 4. The molecule has 3 aliphatic rings. The SMILES string of the molecule is CC1CN(C(=O)C(C)OC(=O)C2CCCN2S(=O)(=O)c2ccc3c(c2)OCCO3)CC(C)O1. The van der Waals surface area contributed by atoms with Crippen molar-refractivity contribution in [3.8, 4) is 11.5 Å². The number of carbonyl (C=O) groups is 2. The van der Waals surface area contributed by atoms with Crippen LogP contribution in [0.2, 0.25) is 0 Å². The van der Waals surface area contributed by atoms with E-state index in [1.165, 1.54) is 19.1 Å². The van der Waals surface area contributed by atoms with Gasteiger partial charge in [-0.1, -0.05) is 0 Å². The molecule has 1 amide bonds. The molecule has 1 aromatic carbocycles. The zero-order valence-electron chi connectivity index (χ0n) is 19.1. The van der Waals surface area contributed by atoms with Crippen LogP contribution in [0, 0.1) is 0 Å². The van der Waals surface area contributed by atoms with Crippen LogP contribution in [0.4, 0.5) is 0 Å². The Morgan fingerprint density at radius 3 is 2.45 bits per heavy atom. The van der Waals surface area contributed by atoms with Gasteiger partial charge in [-0.25, -0.2) is 8.42 Å². The van der Waals surface area contributed by atoms with Crippen LogP contribution in [0.15, 0.2) is 23.1 Å². The average molecular weight is 483 g/mol. The first kappa shape index (κ1) is 23.8. The Kier molecular flexibility index (Phi) is 6.83. The lowest BCUT2D eigenvalue weighted by atomic mass is 10.2. The molecule has 4 rings (SSSR count). The molecule has 0 N–H and O–H groups in total. The third kappa shape index (κ3) is 4.95. The normalized spacial score (nSPS) is 26.6. The number of morpholine rings is 1. The highest BCUT2D eigenvalue weighted by Crippen LogP contribution is 2.35. The Balaban J connectivity index is 1.45. The van der Waals surface area contributed by atoms with Crippen LogP contribution in [-0.2, 0) is 29.1 Å². The highest BCUT2D eigenvalue weighted by molar-refractivity contribution is 7.89. The van der Waals surface area contributed by atoms with E-state index >= 15 is 0 Å². The fourth-order valence-electron chi connectivity index (χ4n) is 4.50. The van der Waals surface area contributed by atoms with Crippen molar-refractivity contribution in [1.82, 2.24) is 9.21 Å². The van der Waals surface area contributed by atoms with Crippen molar-refractivity contribution >= 4 is 21.9 Å².